The third kappa shape index (κ3) is 5.11. The molecular weight excluding hydrogens is 527 g/mol. The third-order valence-electron chi connectivity index (χ3n) is 2.95. The van der Waals surface area contributed by atoms with E-state index in [4.69, 9.17) is 13.4 Å². The minimum absolute atomic E-state index is 0.0523. The minimum atomic E-state index is -1.11. The van der Waals surface area contributed by atoms with Crippen molar-refractivity contribution < 1.29 is 26.8 Å². The average molecular weight is 540 g/mol. The molecule has 2 saturated heterocycles. The summed E-state index contributed by atoms with van der Waals surface area (Å²) in [6, 6.07) is -0.871. The summed E-state index contributed by atoms with van der Waals surface area (Å²) in [7, 11) is 0. The summed E-state index contributed by atoms with van der Waals surface area (Å²) in [4.78, 5) is 47.0. The van der Waals surface area contributed by atoms with Crippen LogP contribution in [0.25, 0.3) is 0 Å². The first kappa shape index (κ1) is 19.1. The standard InChI is InChI=1S/C10H13N3O6SSe3/c11-10-5(21-10)1-6(14)13-4(3-20)8(16)12-2-7(15)18-22-23-19-9(10)17/h4-5,20H,1-3,11H2,(H,12,16)(H,13,14). The van der Waals surface area contributed by atoms with Gasteiger partial charge in [0.25, 0.3) is 0 Å². The molecule has 23 heavy (non-hydrogen) atoms. The second-order valence-corrected chi connectivity index (χ2v) is 12.3. The van der Waals surface area contributed by atoms with Gasteiger partial charge in [0.1, 0.15) is 0 Å². The summed E-state index contributed by atoms with van der Waals surface area (Å²) in [6.07, 6.45) is 0.0523. The molecule has 0 radical (unpaired) electrons. The van der Waals surface area contributed by atoms with Gasteiger partial charge in [0, 0.05) is 0 Å². The molecule has 0 saturated carbocycles. The second-order valence-electron chi connectivity index (χ2n) is 4.59. The topological polar surface area (TPSA) is 137 Å². The van der Waals surface area contributed by atoms with Gasteiger partial charge in [-0.05, 0) is 0 Å². The molecule has 3 atom stereocenters. The number of rotatable bonds is 1. The van der Waals surface area contributed by atoms with Gasteiger partial charge in [-0.25, -0.2) is 0 Å². The van der Waals surface area contributed by atoms with E-state index in [0.717, 1.165) is 0 Å². The molecule has 3 unspecified atom stereocenters. The van der Waals surface area contributed by atoms with Crippen molar-refractivity contribution in [1.82, 2.24) is 10.6 Å². The number of fused-ring (bicyclic) bond motifs is 1. The van der Waals surface area contributed by atoms with Crippen molar-refractivity contribution in [2.24, 2.45) is 5.73 Å². The predicted molar refractivity (Wildman–Crippen MR) is 83.5 cm³/mol. The Hall–Kier alpha value is -0.252. The fraction of sp³-hybridized carbons (Fsp3) is 0.600. The molecule has 2 rings (SSSR count). The van der Waals surface area contributed by atoms with Gasteiger partial charge in [0.05, 0.1) is 0 Å². The third-order valence-corrected chi connectivity index (χ3v) is 9.48. The van der Waals surface area contributed by atoms with E-state index in [1.54, 1.807) is 0 Å². The molecule has 2 amide bonds. The van der Waals surface area contributed by atoms with Crippen LogP contribution in [-0.4, -0.2) is 88.4 Å². The predicted octanol–water partition coefficient (Wildman–Crippen LogP) is -3.68. The Morgan fingerprint density at radius 2 is 1.96 bits per heavy atom. The quantitative estimate of drug-likeness (QED) is 0.199. The van der Waals surface area contributed by atoms with Crippen LogP contribution >= 0.6 is 12.6 Å². The van der Waals surface area contributed by atoms with Gasteiger partial charge in [-0.1, -0.05) is 0 Å². The Bertz CT molecular complexity index is 538. The van der Waals surface area contributed by atoms with Crippen molar-refractivity contribution in [1.29, 1.82) is 0 Å². The summed E-state index contributed by atoms with van der Waals surface area (Å²) >= 11 is 2.52. The van der Waals surface area contributed by atoms with Crippen LogP contribution in [0.3, 0.4) is 0 Å². The van der Waals surface area contributed by atoms with E-state index in [-0.39, 0.29) is 38.5 Å². The maximum absolute atomic E-state index is 12.0. The monoisotopic (exact) mass is 543 g/mol. The van der Waals surface area contributed by atoms with Gasteiger partial charge < -0.3 is 0 Å². The Morgan fingerprint density at radius 3 is 2.65 bits per heavy atom. The van der Waals surface area contributed by atoms with Crippen LogP contribution in [0.1, 0.15) is 6.42 Å². The van der Waals surface area contributed by atoms with E-state index in [2.05, 4.69) is 23.3 Å². The molecule has 128 valence electrons. The number of amides is 2. The summed E-state index contributed by atoms with van der Waals surface area (Å²) in [5.74, 6) is -2.02. The summed E-state index contributed by atoms with van der Waals surface area (Å²) in [6.45, 7) is -0.322. The molecule has 0 aromatic heterocycles. The van der Waals surface area contributed by atoms with Crippen molar-refractivity contribution in [3.05, 3.63) is 0 Å². The Kier molecular flexibility index (Phi) is 6.82. The molecule has 0 aliphatic carbocycles. The number of hydrogen-bond donors (Lipinski definition) is 4. The first-order valence-corrected chi connectivity index (χ1v) is 14.5. The van der Waals surface area contributed by atoms with E-state index in [1.165, 1.54) is 0 Å². The zero-order valence-corrected chi connectivity index (χ0v) is 17.5. The van der Waals surface area contributed by atoms with Crippen LogP contribution < -0.4 is 16.4 Å². The van der Waals surface area contributed by atoms with E-state index in [1.807, 2.05) is 0 Å². The molecule has 4 N–H and O–H groups in total. The maximum atomic E-state index is 12.0. The fourth-order valence-electron chi connectivity index (χ4n) is 1.66. The van der Waals surface area contributed by atoms with Crippen LogP contribution in [0.15, 0.2) is 0 Å². The van der Waals surface area contributed by atoms with Crippen molar-refractivity contribution in [2.45, 2.75) is 21.7 Å². The van der Waals surface area contributed by atoms with Crippen molar-refractivity contribution in [3.63, 3.8) is 0 Å². The fourth-order valence-corrected chi connectivity index (χ4v) is 7.12. The van der Waals surface area contributed by atoms with E-state index in [9.17, 15) is 19.2 Å². The molecule has 0 spiro atoms. The zero-order valence-electron chi connectivity index (χ0n) is 11.5. The molecule has 2 heterocycles. The molecule has 9 nitrogen and oxygen atoms in total. The zero-order chi connectivity index (χ0) is 17.0. The van der Waals surface area contributed by atoms with Gasteiger partial charge in [-0.2, -0.15) is 0 Å². The number of nitrogens with one attached hydrogen (secondary N) is 2. The average Bonchev–Trinajstić information content (AvgIpc) is 3.16. The van der Waals surface area contributed by atoms with Crippen LogP contribution in [0.2, 0.25) is 4.82 Å². The van der Waals surface area contributed by atoms with Gasteiger partial charge in [0.15, 0.2) is 0 Å². The number of carbonyl (C=O) groups excluding carboxylic acids is 4. The molecule has 0 aromatic rings. The Labute approximate surface area is 155 Å². The Morgan fingerprint density at radius 1 is 1.26 bits per heavy atom. The van der Waals surface area contributed by atoms with Crippen molar-refractivity contribution in [2.75, 3.05) is 12.3 Å². The van der Waals surface area contributed by atoms with E-state index >= 15 is 0 Å². The number of hydrogen-bond acceptors (Lipinski definition) is 8. The molecule has 2 fully saturated rings. The summed E-state index contributed by atoms with van der Waals surface area (Å²) in [5.41, 5.74) is 5.95. The molecule has 2 aliphatic heterocycles. The normalized spacial score (nSPS) is 33.1. The van der Waals surface area contributed by atoms with Crippen LogP contribution in [0.4, 0.5) is 0 Å². The SMILES string of the molecule is NC12[Se]C1CC(=O)NC(CS)C(=O)NCC(=O)O[Se][Se]OC2=O. The van der Waals surface area contributed by atoms with Crippen LogP contribution in [0, 0.1) is 0 Å². The van der Waals surface area contributed by atoms with E-state index in [0.29, 0.717) is 0 Å². The Balaban J connectivity index is 2.04. The first-order valence-electron chi connectivity index (χ1n) is 6.26. The van der Waals surface area contributed by atoms with Gasteiger partial charge in [-0.3, -0.25) is 0 Å². The van der Waals surface area contributed by atoms with Crippen molar-refractivity contribution >= 4 is 78.3 Å². The number of thiol groups is 1. The van der Waals surface area contributed by atoms with Crippen molar-refractivity contribution in [3.8, 4) is 0 Å². The van der Waals surface area contributed by atoms with E-state index < -0.39 is 61.2 Å². The van der Waals surface area contributed by atoms with Gasteiger partial charge in [0.2, 0.25) is 0 Å². The summed E-state index contributed by atoms with van der Waals surface area (Å²) < 4.78 is 8.85. The van der Waals surface area contributed by atoms with Gasteiger partial charge >= 0.3 is 155 Å². The molecule has 0 aromatic carbocycles. The number of carbonyl (C=O) groups is 4. The molecule has 13 heteroatoms. The molecule has 0 bridgehead atoms. The summed E-state index contributed by atoms with van der Waals surface area (Å²) in [5, 5.41) is 4.89. The van der Waals surface area contributed by atoms with Crippen LogP contribution in [0.5, 0.6) is 0 Å². The second kappa shape index (κ2) is 8.22. The van der Waals surface area contributed by atoms with Crippen LogP contribution in [-0.2, 0) is 26.8 Å². The van der Waals surface area contributed by atoms with Gasteiger partial charge in [-0.15, -0.1) is 0 Å². The first-order chi connectivity index (χ1) is 10.9. The molecular formula is C10H13N3O6SSe3. The number of nitrogens with two attached hydrogens (primary N) is 1. The molecule has 2 aliphatic rings.